The van der Waals surface area contributed by atoms with Gasteiger partial charge in [0.2, 0.25) is 0 Å². The number of benzene rings is 1. The van der Waals surface area contributed by atoms with Crippen LogP contribution in [0.25, 0.3) is 0 Å². The van der Waals surface area contributed by atoms with Crippen LogP contribution >= 0.6 is 0 Å². The second-order valence-electron chi connectivity index (χ2n) is 7.95. The van der Waals surface area contributed by atoms with Crippen molar-refractivity contribution in [3.8, 4) is 0 Å². The predicted molar refractivity (Wildman–Crippen MR) is 115 cm³/mol. The van der Waals surface area contributed by atoms with Crippen molar-refractivity contribution in [1.82, 2.24) is 15.3 Å². The molecule has 2 unspecified atom stereocenters. The van der Waals surface area contributed by atoms with Gasteiger partial charge in [-0.05, 0) is 79.6 Å². The molecule has 1 amide bonds. The van der Waals surface area contributed by atoms with E-state index >= 15 is 0 Å². The number of aryl methyl sites for hydroxylation is 2. The van der Waals surface area contributed by atoms with E-state index in [1.165, 1.54) is 41.0 Å². The number of aromatic nitrogens is 2. The van der Waals surface area contributed by atoms with E-state index in [1.54, 1.807) is 0 Å². The number of carbonyl (C=O) groups is 1. The monoisotopic (exact) mass is 403 g/mol. The fourth-order valence-electron chi connectivity index (χ4n) is 4.21. The van der Waals surface area contributed by atoms with E-state index in [9.17, 15) is 9.18 Å². The number of nitrogens with one attached hydrogen (secondary N) is 1. The fourth-order valence-corrected chi connectivity index (χ4v) is 4.21. The van der Waals surface area contributed by atoms with E-state index in [1.807, 2.05) is 25.4 Å². The fraction of sp³-hybridized carbons (Fsp3) is 0.320. The smallest absolute Gasteiger partial charge is 0.251 e. The molecule has 5 heteroatoms. The third-order valence-corrected chi connectivity index (χ3v) is 5.79. The van der Waals surface area contributed by atoms with Gasteiger partial charge in [0, 0.05) is 29.6 Å². The number of halogens is 1. The zero-order valence-electron chi connectivity index (χ0n) is 17.4. The second-order valence-corrected chi connectivity index (χ2v) is 7.95. The van der Waals surface area contributed by atoms with Crippen LogP contribution in [0.3, 0.4) is 0 Å². The average Bonchev–Trinajstić information content (AvgIpc) is 2.77. The Morgan fingerprint density at radius 1 is 1.20 bits per heavy atom. The van der Waals surface area contributed by atoms with Gasteiger partial charge in [0.25, 0.3) is 5.91 Å². The summed E-state index contributed by atoms with van der Waals surface area (Å²) in [4.78, 5) is 21.9. The molecular formula is C25H26FN3O. The molecule has 0 spiro atoms. The lowest BCUT2D eigenvalue weighted by molar-refractivity contribution is 0.0934. The molecule has 2 aromatic heterocycles. The van der Waals surface area contributed by atoms with Crippen LogP contribution < -0.4 is 5.32 Å². The molecule has 1 N–H and O–H groups in total. The molecule has 4 rings (SSSR count). The molecular weight excluding hydrogens is 377 g/mol. The molecule has 0 bridgehead atoms. The van der Waals surface area contributed by atoms with Crippen molar-refractivity contribution in [1.29, 1.82) is 0 Å². The SMILES string of the molecule is CCC(NC(=O)c1ccc(F)cc1)c1ccc2c(n1)CCCC2c1cncc(C)c1. The molecule has 0 fully saturated rings. The molecule has 0 radical (unpaired) electrons. The van der Waals surface area contributed by atoms with Crippen LogP contribution in [0.15, 0.2) is 54.9 Å². The highest BCUT2D eigenvalue weighted by Crippen LogP contribution is 2.36. The zero-order chi connectivity index (χ0) is 21.1. The van der Waals surface area contributed by atoms with Crippen molar-refractivity contribution in [3.05, 3.63) is 94.3 Å². The minimum Gasteiger partial charge on any atom is -0.344 e. The first-order chi connectivity index (χ1) is 14.5. The van der Waals surface area contributed by atoms with Gasteiger partial charge in [0.15, 0.2) is 0 Å². The highest BCUT2D eigenvalue weighted by atomic mass is 19.1. The molecule has 1 aliphatic rings. The van der Waals surface area contributed by atoms with E-state index in [4.69, 9.17) is 4.98 Å². The summed E-state index contributed by atoms with van der Waals surface area (Å²) in [7, 11) is 0. The average molecular weight is 404 g/mol. The molecule has 0 saturated carbocycles. The Morgan fingerprint density at radius 3 is 2.73 bits per heavy atom. The van der Waals surface area contributed by atoms with Crippen LogP contribution in [0.1, 0.15) is 76.6 Å². The first-order valence-corrected chi connectivity index (χ1v) is 10.5. The molecule has 3 aromatic rings. The van der Waals surface area contributed by atoms with Crippen LogP contribution in [0, 0.1) is 12.7 Å². The summed E-state index contributed by atoms with van der Waals surface area (Å²) < 4.78 is 13.1. The van der Waals surface area contributed by atoms with E-state index in [-0.39, 0.29) is 17.8 Å². The van der Waals surface area contributed by atoms with E-state index in [2.05, 4.69) is 29.4 Å². The molecule has 154 valence electrons. The van der Waals surface area contributed by atoms with Crippen molar-refractivity contribution in [2.45, 2.75) is 51.5 Å². The van der Waals surface area contributed by atoms with E-state index < -0.39 is 0 Å². The highest BCUT2D eigenvalue weighted by molar-refractivity contribution is 5.94. The molecule has 0 saturated heterocycles. The van der Waals surface area contributed by atoms with Crippen LogP contribution in [0.4, 0.5) is 4.39 Å². The van der Waals surface area contributed by atoms with Crippen molar-refractivity contribution in [2.75, 3.05) is 0 Å². The van der Waals surface area contributed by atoms with Crippen LogP contribution in [-0.2, 0) is 6.42 Å². The predicted octanol–water partition coefficient (Wildman–Crippen LogP) is 5.27. The molecule has 2 heterocycles. The minimum atomic E-state index is -0.353. The summed E-state index contributed by atoms with van der Waals surface area (Å²) >= 11 is 0. The Morgan fingerprint density at radius 2 is 2.00 bits per heavy atom. The van der Waals surface area contributed by atoms with Crippen LogP contribution in [0.2, 0.25) is 0 Å². The summed E-state index contributed by atoms with van der Waals surface area (Å²) in [5.74, 6) is -0.255. The van der Waals surface area contributed by atoms with Crippen molar-refractivity contribution in [2.24, 2.45) is 0 Å². The maximum Gasteiger partial charge on any atom is 0.251 e. The Labute approximate surface area is 176 Å². The van der Waals surface area contributed by atoms with E-state index in [0.717, 1.165) is 37.1 Å². The molecule has 2 atom stereocenters. The van der Waals surface area contributed by atoms with Gasteiger partial charge in [-0.25, -0.2) is 4.39 Å². The first-order valence-electron chi connectivity index (χ1n) is 10.5. The number of hydrogen-bond acceptors (Lipinski definition) is 3. The quantitative estimate of drug-likeness (QED) is 0.631. The topological polar surface area (TPSA) is 54.9 Å². The third-order valence-electron chi connectivity index (χ3n) is 5.79. The highest BCUT2D eigenvalue weighted by Gasteiger charge is 2.25. The number of fused-ring (bicyclic) bond motifs is 1. The van der Waals surface area contributed by atoms with Gasteiger partial charge in [0.1, 0.15) is 5.82 Å². The van der Waals surface area contributed by atoms with E-state index in [0.29, 0.717) is 11.5 Å². The number of rotatable bonds is 5. The second kappa shape index (κ2) is 8.74. The zero-order valence-corrected chi connectivity index (χ0v) is 17.4. The van der Waals surface area contributed by atoms with Gasteiger partial charge >= 0.3 is 0 Å². The summed E-state index contributed by atoms with van der Waals surface area (Å²) in [6.07, 6.45) is 7.69. The van der Waals surface area contributed by atoms with Crippen LogP contribution in [0.5, 0.6) is 0 Å². The van der Waals surface area contributed by atoms with Crippen molar-refractivity contribution in [3.63, 3.8) is 0 Å². The Balaban J connectivity index is 1.57. The normalized spacial score (nSPS) is 16.6. The molecule has 1 aliphatic carbocycles. The van der Waals surface area contributed by atoms with Gasteiger partial charge in [-0.3, -0.25) is 14.8 Å². The lowest BCUT2D eigenvalue weighted by Gasteiger charge is -2.27. The first kappa shape index (κ1) is 20.2. The van der Waals surface area contributed by atoms with Gasteiger partial charge in [0.05, 0.1) is 11.7 Å². The Kier molecular flexibility index (Phi) is 5.88. The summed E-state index contributed by atoms with van der Waals surface area (Å²) in [5.41, 5.74) is 6.09. The van der Waals surface area contributed by atoms with Gasteiger partial charge < -0.3 is 5.32 Å². The molecule has 30 heavy (non-hydrogen) atoms. The van der Waals surface area contributed by atoms with Gasteiger partial charge in [-0.2, -0.15) is 0 Å². The van der Waals surface area contributed by atoms with Crippen molar-refractivity contribution < 1.29 is 9.18 Å². The lowest BCUT2D eigenvalue weighted by Crippen LogP contribution is -2.29. The maximum atomic E-state index is 13.1. The standard InChI is InChI=1S/C25H26FN3O/c1-3-22(29-25(30)17-7-9-19(26)10-8-17)24-12-11-21-20(5-4-6-23(21)28-24)18-13-16(2)14-27-15-18/h7-15,20,22H,3-6H2,1-2H3,(H,29,30). The Hall–Kier alpha value is -3.08. The number of carbonyl (C=O) groups excluding carboxylic acids is 1. The number of pyridine rings is 2. The molecule has 4 nitrogen and oxygen atoms in total. The summed E-state index contributed by atoms with van der Waals surface area (Å²) in [6.45, 7) is 4.09. The minimum absolute atomic E-state index is 0.186. The van der Waals surface area contributed by atoms with Crippen molar-refractivity contribution >= 4 is 5.91 Å². The summed E-state index contributed by atoms with van der Waals surface area (Å²) in [5, 5.41) is 3.04. The third kappa shape index (κ3) is 4.25. The number of hydrogen-bond donors (Lipinski definition) is 1. The van der Waals surface area contributed by atoms with Crippen LogP contribution in [-0.4, -0.2) is 15.9 Å². The maximum absolute atomic E-state index is 13.1. The Bertz CT molecular complexity index is 1050. The largest absolute Gasteiger partial charge is 0.344 e. The molecule has 0 aliphatic heterocycles. The lowest BCUT2D eigenvalue weighted by atomic mass is 9.81. The van der Waals surface area contributed by atoms with Gasteiger partial charge in [-0.1, -0.05) is 19.1 Å². The molecule has 1 aromatic carbocycles. The number of amides is 1. The van der Waals surface area contributed by atoms with Gasteiger partial charge in [-0.15, -0.1) is 0 Å². The summed E-state index contributed by atoms with van der Waals surface area (Å²) in [6, 6.07) is 11.8. The number of nitrogens with zero attached hydrogens (tertiary/aromatic N) is 2.